The van der Waals surface area contributed by atoms with Gasteiger partial charge < -0.3 is 4.90 Å². The van der Waals surface area contributed by atoms with Gasteiger partial charge in [0.05, 0.1) is 22.9 Å². The van der Waals surface area contributed by atoms with Crippen LogP contribution in [0.3, 0.4) is 0 Å². The summed E-state index contributed by atoms with van der Waals surface area (Å²) in [7, 11) is 0. The lowest BCUT2D eigenvalue weighted by Crippen LogP contribution is -2.49. The molecule has 32 heavy (non-hydrogen) atoms. The van der Waals surface area contributed by atoms with Gasteiger partial charge in [-0.3, -0.25) is 30.0 Å². The van der Waals surface area contributed by atoms with Crippen LogP contribution in [0.5, 0.6) is 0 Å². The highest BCUT2D eigenvalue weighted by Gasteiger charge is 2.26. The van der Waals surface area contributed by atoms with Crippen LogP contribution in [0.1, 0.15) is 30.4 Å². The van der Waals surface area contributed by atoms with Crippen LogP contribution >= 0.6 is 11.8 Å². The van der Waals surface area contributed by atoms with Crippen LogP contribution in [0.15, 0.2) is 58.2 Å². The number of fused-ring (bicyclic) bond motifs is 2. The molecule has 0 saturated heterocycles. The van der Waals surface area contributed by atoms with Crippen molar-refractivity contribution < 1.29 is 14.4 Å². The molecule has 0 fully saturated rings. The molecule has 0 saturated carbocycles. The van der Waals surface area contributed by atoms with Gasteiger partial charge in [-0.1, -0.05) is 30.3 Å². The Morgan fingerprint density at radius 3 is 2.47 bits per heavy atom. The van der Waals surface area contributed by atoms with E-state index in [1.165, 1.54) is 21.3 Å². The third-order valence-corrected chi connectivity index (χ3v) is 6.01. The summed E-state index contributed by atoms with van der Waals surface area (Å²) in [4.78, 5) is 52.6. The van der Waals surface area contributed by atoms with Crippen molar-refractivity contribution in [1.82, 2.24) is 20.6 Å². The maximum atomic E-state index is 12.8. The average molecular weight is 452 g/mol. The number of carbonyl (C=O) groups is 3. The fraction of sp³-hybridized carbons (Fsp3) is 0.227. The molecule has 0 unspecified atom stereocenters. The highest BCUT2D eigenvalue weighted by molar-refractivity contribution is 8.00. The number of aromatic nitrogens is 2. The highest BCUT2D eigenvalue weighted by Crippen LogP contribution is 2.34. The third-order valence-electron chi connectivity index (χ3n) is 4.96. The van der Waals surface area contributed by atoms with Crippen molar-refractivity contribution in [2.24, 2.45) is 0 Å². The molecule has 2 N–H and O–H groups in total. The van der Waals surface area contributed by atoms with E-state index >= 15 is 0 Å². The Balaban J connectivity index is 1.52. The summed E-state index contributed by atoms with van der Waals surface area (Å²) in [5, 5.41) is 4.96. The smallest absolute Gasteiger partial charge is 0.290 e. The third kappa shape index (κ3) is 4.09. The van der Waals surface area contributed by atoms with Gasteiger partial charge in [-0.15, -0.1) is 11.8 Å². The van der Waals surface area contributed by atoms with Crippen molar-refractivity contribution in [2.75, 3.05) is 17.2 Å². The number of hydrazine groups is 1. The molecule has 3 amide bonds. The van der Waals surface area contributed by atoms with Crippen LogP contribution in [-0.2, 0) is 9.59 Å². The predicted octanol–water partition coefficient (Wildman–Crippen LogP) is 1.88. The van der Waals surface area contributed by atoms with Crippen LogP contribution in [0, 0.1) is 0 Å². The zero-order chi connectivity index (χ0) is 22.8. The molecular weight excluding hydrogens is 430 g/mol. The summed E-state index contributed by atoms with van der Waals surface area (Å²) in [6, 6.07) is 13.8. The second kappa shape index (κ2) is 8.83. The average Bonchev–Trinajstić information content (AvgIpc) is 2.79. The zero-order valence-electron chi connectivity index (χ0n) is 17.5. The van der Waals surface area contributed by atoms with Gasteiger partial charge in [0.2, 0.25) is 5.91 Å². The van der Waals surface area contributed by atoms with Crippen LogP contribution in [0.25, 0.3) is 10.8 Å². The number of para-hydroxylation sites is 1. The van der Waals surface area contributed by atoms with Gasteiger partial charge in [-0.05, 0) is 32.0 Å². The van der Waals surface area contributed by atoms with E-state index in [4.69, 9.17) is 0 Å². The van der Waals surface area contributed by atoms with Gasteiger partial charge in [0, 0.05) is 10.3 Å². The van der Waals surface area contributed by atoms with E-state index in [2.05, 4.69) is 16.0 Å². The zero-order valence-corrected chi connectivity index (χ0v) is 18.3. The van der Waals surface area contributed by atoms with Crippen LogP contribution in [-0.4, -0.2) is 39.8 Å². The van der Waals surface area contributed by atoms with E-state index in [9.17, 15) is 19.2 Å². The van der Waals surface area contributed by atoms with Crippen molar-refractivity contribution in [1.29, 1.82) is 0 Å². The quantitative estimate of drug-likeness (QED) is 0.586. The maximum Gasteiger partial charge on any atom is 0.290 e. The lowest BCUT2D eigenvalue weighted by atomic mass is 10.1. The molecular formula is C22H21N5O4S. The number of carbonyl (C=O) groups excluding carboxylic acids is 3. The first-order valence-corrected chi connectivity index (χ1v) is 11.0. The minimum atomic E-state index is -0.662. The first-order valence-electron chi connectivity index (χ1n) is 9.99. The highest BCUT2D eigenvalue weighted by atomic mass is 32.2. The van der Waals surface area contributed by atoms with Gasteiger partial charge in [-0.25, -0.2) is 4.68 Å². The van der Waals surface area contributed by atoms with Crippen LogP contribution < -0.4 is 21.3 Å². The first kappa shape index (κ1) is 21.6. The van der Waals surface area contributed by atoms with Gasteiger partial charge in [0.15, 0.2) is 5.69 Å². The summed E-state index contributed by atoms with van der Waals surface area (Å²) < 4.78 is 1.24. The van der Waals surface area contributed by atoms with Crippen molar-refractivity contribution in [3.63, 3.8) is 0 Å². The minimum absolute atomic E-state index is 0.0185. The van der Waals surface area contributed by atoms with Crippen molar-refractivity contribution in [2.45, 2.75) is 24.8 Å². The summed E-state index contributed by atoms with van der Waals surface area (Å²) in [6.45, 7) is 3.34. The molecule has 1 aliphatic heterocycles. The Labute approximate surface area is 187 Å². The minimum Gasteiger partial charge on any atom is -0.301 e. The molecule has 2 aromatic carbocycles. The van der Waals surface area contributed by atoms with E-state index in [0.29, 0.717) is 16.5 Å². The number of rotatable bonds is 4. The predicted molar refractivity (Wildman–Crippen MR) is 122 cm³/mol. The Kier molecular flexibility index (Phi) is 5.95. The summed E-state index contributed by atoms with van der Waals surface area (Å²) in [5.41, 5.74) is 5.07. The molecule has 0 bridgehead atoms. The van der Waals surface area contributed by atoms with Gasteiger partial charge >= 0.3 is 0 Å². The SMILES string of the molecule is CC(C)n1nc(C(=O)NNC(=O)CN2C(=O)CSc3ccccc32)c2ccccc2c1=O. The number of anilines is 1. The standard InChI is InChI=1S/C22H21N5O4S/c1-13(2)27-22(31)15-8-4-3-7-14(15)20(25-27)21(30)24-23-18(28)11-26-16-9-5-6-10-17(16)32-12-19(26)29/h3-10,13H,11-12H2,1-2H3,(H,23,28)(H,24,30). The van der Waals surface area contributed by atoms with Crippen molar-refractivity contribution >= 4 is 45.9 Å². The Bertz CT molecular complexity index is 1290. The van der Waals surface area contributed by atoms with Crippen molar-refractivity contribution in [3.05, 3.63) is 64.6 Å². The molecule has 0 spiro atoms. The molecule has 1 aliphatic rings. The molecule has 9 nitrogen and oxygen atoms in total. The van der Waals surface area contributed by atoms with E-state index in [0.717, 1.165) is 4.90 Å². The number of nitrogens with zero attached hydrogens (tertiary/aromatic N) is 3. The fourth-order valence-electron chi connectivity index (χ4n) is 3.42. The molecule has 0 radical (unpaired) electrons. The van der Waals surface area contributed by atoms with Gasteiger partial charge in [0.1, 0.15) is 6.54 Å². The van der Waals surface area contributed by atoms with Gasteiger partial charge in [-0.2, -0.15) is 5.10 Å². The van der Waals surface area contributed by atoms with Crippen LogP contribution in [0.2, 0.25) is 0 Å². The van der Waals surface area contributed by atoms with Crippen molar-refractivity contribution in [3.8, 4) is 0 Å². The monoisotopic (exact) mass is 451 g/mol. The number of benzene rings is 2. The Morgan fingerprint density at radius 2 is 1.72 bits per heavy atom. The summed E-state index contributed by atoms with van der Waals surface area (Å²) >= 11 is 1.42. The maximum absolute atomic E-state index is 12.8. The number of hydrogen-bond donors (Lipinski definition) is 2. The first-order chi connectivity index (χ1) is 15.4. The molecule has 0 aliphatic carbocycles. The van der Waals surface area contributed by atoms with E-state index in [-0.39, 0.29) is 35.5 Å². The lowest BCUT2D eigenvalue weighted by Gasteiger charge is -2.28. The molecule has 10 heteroatoms. The molecule has 164 valence electrons. The van der Waals surface area contributed by atoms with E-state index < -0.39 is 11.8 Å². The Morgan fingerprint density at radius 1 is 1.03 bits per heavy atom. The molecule has 1 aromatic heterocycles. The van der Waals surface area contributed by atoms with E-state index in [1.807, 2.05) is 12.1 Å². The lowest BCUT2D eigenvalue weighted by molar-refractivity contribution is -0.123. The number of thioether (sulfide) groups is 1. The number of hydrogen-bond acceptors (Lipinski definition) is 6. The molecule has 3 aromatic rings. The normalized spacial score (nSPS) is 13.2. The van der Waals surface area contributed by atoms with E-state index in [1.54, 1.807) is 50.2 Å². The molecule has 0 atom stereocenters. The number of nitrogens with one attached hydrogen (secondary N) is 2. The topological polar surface area (TPSA) is 113 Å². The Hall–Kier alpha value is -3.66. The van der Waals surface area contributed by atoms with Gasteiger partial charge in [0.25, 0.3) is 17.4 Å². The summed E-state index contributed by atoms with van der Waals surface area (Å²) in [6.07, 6.45) is 0. The molecule has 2 heterocycles. The van der Waals surface area contributed by atoms with Crippen LogP contribution in [0.4, 0.5) is 5.69 Å². The fourth-order valence-corrected chi connectivity index (χ4v) is 4.36. The second-order valence-electron chi connectivity index (χ2n) is 7.48. The largest absolute Gasteiger partial charge is 0.301 e. The summed E-state index contributed by atoms with van der Waals surface area (Å²) in [5.74, 6) is -1.17. The molecule has 4 rings (SSSR count). The second-order valence-corrected chi connectivity index (χ2v) is 8.49. The number of amides is 3.